The van der Waals surface area contributed by atoms with Gasteiger partial charge in [0.2, 0.25) is 0 Å². The van der Waals surface area contributed by atoms with Gasteiger partial charge in [-0.25, -0.2) is 0 Å². The predicted molar refractivity (Wildman–Crippen MR) is 96.3 cm³/mol. The summed E-state index contributed by atoms with van der Waals surface area (Å²) in [6.07, 6.45) is -0.368. The van der Waals surface area contributed by atoms with Gasteiger partial charge in [-0.2, -0.15) is 0 Å². The summed E-state index contributed by atoms with van der Waals surface area (Å²) in [4.78, 5) is 23.6. The van der Waals surface area contributed by atoms with Crippen LogP contribution in [0.4, 0.5) is 0 Å². The summed E-state index contributed by atoms with van der Waals surface area (Å²) in [6, 6.07) is 9.34. The van der Waals surface area contributed by atoms with Crippen LogP contribution in [0.15, 0.2) is 45.6 Å². The largest absolute Gasteiger partial charge is 1.00 e. The third-order valence-corrected chi connectivity index (χ3v) is 4.14. The Hall–Kier alpha value is -2.48. The first-order chi connectivity index (χ1) is 13.0. The molecule has 140 valence electrons. The first kappa shape index (κ1) is 21.8. The number of aliphatic carboxylic acids is 1. The Balaban J connectivity index is 0.00000280. The van der Waals surface area contributed by atoms with E-state index in [1.807, 2.05) is 0 Å². The van der Waals surface area contributed by atoms with E-state index in [2.05, 4.69) is 0 Å². The molecule has 0 bridgehead atoms. The summed E-state index contributed by atoms with van der Waals surface area (Å²) in [6.45, 7) is 0. The maximum absolute atomic E-state index is 12.6. The zero-order valence-electron chi connectivity index (χ0n) is 16.0. The molecule has 0 aliphatic heterocycles. The van der Waals surface area contributed by atoms with Crippen molar-refractivity contribution in [2.75, 3.05) is 21.3 Å². The molecule has 0 atom stereocenters. The van der Waals surface area contributed by atoms with E-state index < -0.39 is 5.97 Å². The Morgan fingerprint density at radius 2 is 1.64 bits per heavy atom. The molecule has 1 aromatic heterocycles. The van der Waals surface area contributed by atoms with Crippen molar-refractivity contribution in [3.05, 3.63) is 52.2 Å². The third-order valence-electron chi connectivity index (χ3n) is 4.14. The number of ether oxygens (including phenoxy) is 3. The summed E-state index contributed by atoms with van der Waals surface area (Å²) in [5.74, 6) is 0.251. The van der Waals surface area contributed by atoms with Crippen LogP contribution in [0.5, 0.6) is 17.2 Å². The number of carbonyl (C=O) groups excluding carboxylic acids is 1. The SMILES string of the molecule is COc1cc(OC)c(-c2cc(=O)c3cccc(CC(=O)[O-])c3o2)cc1OC.[Na+]. The van der Waals surface area contributed by atoms with Crippen LogP contribution in [-0.4, -0.2) is 27.3 Å². The van der Waals surface area contributed by atoms with Gasteiger partial charge in [0.05, 0.1) is 32.3 Å². The molecule has 3 rings (SSSR count). The predicted octanol–water partition coefficient (Wildman–Crippen LogP) is -1.22. The van der Waals surface area contributed by atoms with Crippen LogP contribution in [0.1, 0.15) is 5.56 Å². The molecule has 0 saturated heterocycles. The van der Waals surface area contributed by atoms with Crippen molar-refractivity contribution in [2.45, 2.75) is 6.42 Å². The average Bonchev–Trinajstić information content (AvgIpc) is 2.66. The van der Waals surface area contributed by atoms with Crippen LogP contribution in [0.3, 0.4) is 0 Å². The molecule has 8 heteroatoms. The summed E-state index contributed by atoms with van der Waals surface area (Å²) in [5, 5.41) is 11.3. The van der Waals surface area contributed by atoms with E-state index in [0.29, 0.717) is 28.4 Å². The van der Waals surface area contributed by atoms with Crippen molar-refractivity contribution >= 4 is 16.9 Å². The van der Waals surface area contributed by atoms with E-state index in [9.17, 15) is 14.7 Å². The number of benzene rings is 2. The third kappa shape index (κ3) is 4.16. The fourth-order valence-electron chi connectivity index (χ4n) is 2.88. The van der Waals surface area contributed by atoms with Crippen molar-refractivity contribution < 1.29 is 58.1 Å². The van der Waals surface area contributed by atoms with Crippen LogP contribution in [-0.2, 0) is 11.2 Å². The quantitative estimate of drug-likeness (QED) is 0.485. The second-order valence-electron chi connectivity index (χ2n) is 5.72. The van der Waals surface area contributed by atoms with Crippen LogP contribution in [0.2, 0.25) is 0 Å². The molecule has 0 unspecified atom stereocenters. The number of hydrogen-bond donors (Lipinski definition) is 0. The van der Waals surface area contributed by atoms with Gasteiger partial charge in [0.25, 0.3) is 0 Å². The first-order valence-corrected chi connectivity index (χ1v) is 8.04. The van der Waals surface area contributed by atoms with Crippen LogP contribution in [0, 0.1) is 0 Å². The molecular formula is C20H17NaO7. The molecule has 0 aliphatic carbocycles. The first-order valence-electron chi connectivity index (χ1n) is 8.04. The maximum atomic E-state index is 12.6. The number of carbonyl (C=O) groups is 1. The number of hydrogen-bond acceptors (Lipinski definition) is 7. The molecule has 1 heterocycles. The van der Waals surface area contributed by atoms with Crippen molar-refractivity contribution in [3.8, 4) is 28.6 Å². The van der Waals surface area contributed by atoms with Gasteiger partial charge in [-0.15, -0.1) is 0 Å². The Kier molecular flexibility index (Phi) is 7.12. The average molecular weight is 392 g/mol. The van der Waals surface area contributed by atoms with Gasteiger partial charge in [-0.05, 0) is 12.1 Å². The fraction of sp³-hybridized carbons (Fsp3) is 0.200. The molecule has 0 fully saturated rings. The number of carboxylic acids is 1. The van der Waals surface area contributed by atoms with E-state index in [4.69, 9.17) is 18.6 Å². The summed E-state index contributed by atoms with van der Waals surface area (Å²) in [5.41, 5.74) is 0.715. The number of para-hydroxylation sites is 1. The van der Waals surface area contributed by atoms with E-state index in [-0.39, 0.29) is 58.1 Å². The molecule has 7 nitrogen and oxygen atoms in total. The molecule has 28 heavy (non-hydrogen) atoms. The number of carboxylic acid groups (broad SMARTS) is 1. The summed E-state index contributed by atoms with van der Waals surface area (Å²) < 4.78 is 21.9. The van der Waals surface area contributed by atoms with Gasteiger partial charge in [-0.1, -0.05) is 12.1 Å². The summed E-state index contributed by atoms with van der Waals surface area (Å²) in [7, 11) is 4.47. The van der Waals surface area contributed by atoms with Crippen molar-refractivity contribution in [2.24, 2.45) is 0 Å². The molecule has 3 aromatic rings. The Morgan fingerprint density at radius 3 is 2.25 bits per heavy atom. The Morgan fingerprint density at radius 1 is 1.00 bits per heavy atom. The topological polar surface area (TPSA) is 98.0 Å². The molecule has 0 aliphatic rings. The maximum Gasteiger partial charge on any atom is 1.00 e. The van der Waals surface area contributed by atoms with Crippen molar-refractivity contribution in [1.29, 1.82) is 0 Å². The van der Waals surface area contributed by atoms with Gasteiger partial charge < -0.3 is 28.5 Å². The fourth-order valence-corrected chi connectivity index (χ4v) is 2.88. The second kappa shape index (κ2) is 9.14. The van der Waals surface area contributed by atoms with E-state index in [1.54, 1.807) is 30.3 Å². The second-order valence-corrected chi connectivity index (χ2v) is 5.72. The molecule has 0 saturated carbocycles. The van der Waals surface area contributed by atoms with Gasteiger partial charge in [0, 0.05) is 30.1 Å². The van der Waals surface area contributed by atoms with E-state index >= 15 is 0 Å². The zero-order chi connectivity index (χ0) is 19.6. The smallest absolute Gasteiger partial charge is 0.550 e. The molecular weight excluding hydrogens is 375 g/mol. The normalized spacial score (nSPS) is 10.2. The van der Waals surface area contributed by atoms with Crippen molar-refractivity contribution in [1.82, 2.24) is 0 Å². The number of fused-ring (bicyclic) bond motifs is 1. The van der Waals surface area contributed by atoms with Crippen LogP contribution < -0.4 is 54.3 Å². The standard InChI is InChI=1S/C20H18O7.Na/c1-24-15-10-18(26-3)17(25-2)8-13(15)16-9-14(21)12-6-4-5-11(7-19(22)23)20(12)27-16;/h4-6,8-10H,7H2,1-3H3,(H,22,23);/q;+1/p-1. The zero-order valence-corrected chi connectivity index (χ0v) is 18.0. The Bertz CT molecular complexity index is 1070. The minimum atomic E-state index is -1.26. The van der Waals surface area contributed by atoms with Gasteiger partial charge in [0.15, 0.2) is 16.9 Å². The number of methoxy groups -OCH3 is 3. The summed E-state index contributed by atoms with van der Waals surface area (Å²) >= 11 is 0. The van der Waals surface area contributed by atoms with Gasteiger partial charge in [-0.3, -0.25) is 4.79 Å². The van der Waals surface area contributed by atoms with E-state index in [1.165, 1.54) is 27.4 Å². The minimum Gasteiger partial charge on any atom is -0.550 e. The Labute approximate surface area is 183 Å². The number of rotatable bonds is 6. The molecule has 2 aromatic carbocycles. The monoisotopic (exact) mass is 392 g/mol. The van der Waals surface area contributed by atoms with Crippen molar-refractivity contribution in [3.63, 3.8) is 0 Å². The van der Waals surface area contributed by atoms with Gasteiger partial charge >= 0.3 is 29.6 Å². The molecule has 0 N–H and O–H groups in total. The van der Waals surface area contributed by atoms with Crippen LogP contribution >= 0.6 is 0 Å². The minimum absolute atomic E-state index is 0. The molecule has 0 amide bonds. The van der Waals surface area contributed by atoms with Crippen LogP contribution in [0.25, 0.3) is 22.3 Å². The van der Waals surface area contributed by atoms with Gasteiger partial charge in [0.1, 0.15) is 17.1 Å². The van der Waals surface area contributed by atoms with E-state index in [0.717, 1.165) is 0 Å². The molecule has 0 spiro atoms. The molecule has 0 radical (unpaired) electrons.